The number of halogens is 5. The first kappa shape index (κ1) is 18.4. The van der Waals surface area contributed by atoms with Gasteiger partial charge in [-0.1, -0.05) is 0 Å². The molecule has 0 saturated carbocycles. The minimum atomic E-state index is -2.39. The maximum Gasteiger partial charge on any atom is 0.358 e. The highest BCUT2D eigenvalue weighted by Crippen LogP contribution is 2.26. The van der Waals surface area contributed by atoms with E-state index in [2.05, 4.69) is 9.84 Å². The van der Waals surface area contributed by atoms with E-state index in [1.54, 1.807) is 0 Å². The number of amides is 1. The van der Waals surface area contributed by atoms with Crippen LogP contribution < -0.4 is 5.32 Å². The molecule has 0 aliphatic carbocycles. The van der Waals surface area contributed by atoms with E-state index in [0.717, 1.165) is 11.8 Å². The van der Waals surface area contributed by atoms with Gasteiger partial charge in [0.1, 0.15) is 5.56 Å². The Hall–Kier alpha value is -2.98. The van der Waals surface area contributed by atoms with Crippen molar-refractivity contribution in [1.29, 1.82) is 0 Å². The molecule has 0 unspecified atom stereocenters. The van der Waals surface area contributed by atoms with Crippen LogP contribution in [0.1, 0.15) is 26.5 Å². The average molecular weight is 363 g/mol. The summed E-state index contributed by atoms with van der Waals surface area (Å²) in [5, 5.41) is 5.75. The van der Waals surface area contributed by atoms with E-state index in [1.165, 1.54) is 14.0 Å². The van der Waals surface area contributed by atoms with E-state index in [9.17, 15) is 31.5 Å². The first-order valence-electron chi connectivity index (χ1n) is 6.56. The Kier molecular flexibility index (Phi) is 4.77. The summed E-state index contributed by atoms with van der Waals surface area (Å²) in [4.78, 5) is 23.8. The van der Waals surface area contributed by atoms with Crippen LogP contribution in [-0.2, 0) is 11.8 Å². The lowest BCUT2D eigenvalue weighted by atomic mass is 10.1. The number of hydrogen-bond acceptors (Lipinski definition) is 4. The first-order chi connectivity index (χ1) is 11.6. The summed E-state index contributed by atoms with van der Waals surface area (Å²) in [7, 11) is 2.37. The molecule has 11 heteroatoms. The van der Waals surface area contributed by atoms with Crippen LogP contribution in [0.4, 0.5) is 27.6 Å². The summed E-state index contributed by atoms with van der Waals surface area (Å²) in [6, 6.07) is 0. The number of carbonyl (C=O) groups excluding carboxylic acids is 2. The fourth-order valence-electron chi connectivity index (χ4n) is 2.12. The monoisotopic (exact) mass is 363 g/mol. The smallest absolute Gasteiger partial charge is 0.358 e. The van der Waals surface area contributed by atoms with Crippen LogP contribution >= 0.6 is 0 Å². The normalized spacial score (nSPS) is 10.7. The summed E-state index contributed by atoms with van der Waals surface area (Å²) in [6.07, 6.45) is 0. The molecule has 134 valence electrons. The zero-order valence-corrected chi connectivity index (χ0v) is 13.0. The summed E-state index contributed by atoms with van der Waals surface area (Å²) in [5.74, 6) is -14.1. The number of aryl methyl sites for hydroxylation is 2. The van der Waals surface area contributed by atoms with Crippen molar-refractivity contribution in [3.05, 3.63) is 46.0 Å². The van der Waals surface area contributed by atoms with Gasteiger partial charge in [0.15, 0.2) is 29.0 Å². The van der Waals surface area contributed by atoms with Crippen molar-refractivity contribution in [2.75, 3.05) is 12.4 Å². The van der Waals surface area contributed by atoms with Gasteiger partial charge in [-0.3, -0.25) is 9.48 Å². The molecule has 0 atom stereocenters. The first-order valence-corrected chi connectivity index (χ1v) is 6.56. The van der Waals surface area contributed by atoms with Crippen molar-refractivity contribution < 1.29 is 36.3 Å². The second-order valence-corrected chi connectivity index (χ2v) is 4.82. The quantitative estimate of drug-likeness (QED) is 0.394. The molecule has 0 bridgehead atoms. The Morgan fingerprint density at radius 3 is 1.96 bits per heavy atom. The highest BCUT2D eigenvalue weighted by atomic mass is 19.2. The summed E-state index contributed by atoms with van der Waals surface area (Å²) in [6.45, 7) is 1.35. The molecule has 2 aromatic rings. The molecule has 0 aliphatic heterocycles. The second-order valence-electron chi connectivity index (χ2n) is 4.82. The molecule has 0 radical (unpaired) electrons. The van der Waals surface area contributed by atoms with Crippen LogP contribution in [-0.4, -0.2) is 28.8 Å². The third-order valence-corrected chi connectivity index (χ3v) is 3.28. The number of nitrogens with zero attached hydrogens (tertiary/aromatic N) is 2. The lowest BCUT2D eigenvalue weighted by Crippen LogP contribution is -2.21. The highest BCUT2D eigenvalue weighted by Gasteiger charge is 2.31. The maximum absolute atomic E-state index is 13.7. The summed E-state index contributed by atoms with van der Waals surface area (Å²) < 4.78 is 72.4. The maximum atomic E-state index is 13.7. The van der Waals surface area contributed by atoms with Gasteiger partial charge in [-0.25, -0.2) is 26.7 Å². The number of aromatic nitrogens is 2. The molecule has 1 aromatic carbocycles. The Morgan fingerprint density at radius 1 is 1.00 bits per heavy atom. The predicted molar refractivity (Wildman–Crippen MR) is 73.5 cm³/mol. The number of benzene rings is 1. The van der Waals surface area contributed by atoms with Crippen molar-refractivity contribution in [2.24, 2.45) is 7.05 Å². The molecular weight excluding hydrogens is 353 g/mol. The Labute approximate surface area is 137 Å². The molecule has 0 saturated heterocycles. The number of esters is 1. The fourth-order valence-corrected chi connectivity index (χ4v) is 2.12. The van der Waals surface area contributed by atoms with Gasteiger partial charge in [0.05, 0.1) is 18.5 Å². The Morgan fingerprint density at radius 2 is 1.48 bits per heavy atom. The number of anilines is 1. The van der Waals surface area contributed by atoms with E-state index in [0.29, 0.717) is 0 Å². The van der Waals surface area contributed by atoms with Gasteiger partial charge in [-0.2, -0.15) is 5.10 Å². The standard InChI is InChI=1S/C14H10F5N3O3/c1-4-11(12(14(24)25-3)22(2)21-4)20-13(23)5-6(15)8(17)10(19)9(18)7(5)16/h1-3H3,(H,20,23). The average Bonchev–Trinajstić information content (AvgIpc) is 2.84. The summed E-state index contributed by atoms with van der Waals surface area (Å²) in [5.41, 5.74) is -2.20. The molecule has 0 fully saturated rings. The number of methoxy groups -OCH3 is 1. The van der Waals surface area contributed by atoms with Crippen molar-refractivity contribution in [3.63, 3.8) is 0 Å². The van der Waals surface area contributed by atoms with Crippen LogP contribution in [0, 0.1) is 36.0 Å². The minimum Gasteiger partial charge on any atom is -0.464 e. The molecule has 1 N–H and O–H groups in total. The topological polar surface area (TPSA) is 73.2 Å². The van der Waals surface area contributed by atoms with Gasteiger partial charge < -0.3 is 10.1 Å². The van der Waals surface area contributed by atoms with E-state index in [-0.39, 0.29) is 17.1 Å². The van der Waals surface area contributed by atoms with Crippen molar-refractivity contribution >= 4 is 17.6 Å². The molecule has 1 aromatic heterocycles. The predicted octanol–water partition coefficient (Wildman–Crippen LogP) is 2.46. The largest absolute Gasteiger partial charge is 0.464 e. The lowest BCUT2D eigenvalue weighted by molar-refractivity contribution is 0.0589. The molecule has 1 heterocycles. The van der Waals surface area contributed by atoms with Crippen LogP contribution in [0.15, 0.2) is 0 Å². The highest BCUT2D eigenvalue weighted by molar-refractivity contribution is 6.08. The molecule has 1 amide bonds. The fraction of sp³-hybridized carbons (Fsp3) is 0.214. The van der Waals surface area contributed by atoms with Gasteiger partial charge in [0.25, 0.3) is 5.91 Å². The van der Waals surface area contributed by atoms with E-state index >= 15 is 0 Å². The number of ether oxygens (including phenoxy) is 1. The Bertz CT molecular complexity index is 866. The molecule has 6 nitrogen and oxygen atoms in total. The van der Waals surface area contributed by atoms with E-state index < -0.39 is 46.5 Å². The number of carbonyl (C=O) groups is 2. The third kappa shape index (κ3) is 2.92. The van der Waals surface area contributed by atoms with E-state index in [1.807, 2.05) is 5.32 Å². The summed E-state index contributed by atoms with van der Waals surface area (Å²) >= 11 is 0. The van der Waals surface area contributed by atoms with Gasteiger partial charge in [-0.15, -0.1) is 0 Å². The van der Waals surface area contributed by atoms with Crippen LogP contribution in [0.2, 0.25) is 0 Å². The van der Waals surface area contributed by atoms with Gasteiger partial charge in [0, 0.05) is 7.05 Å². The number of nitrogens with one attached hydrogen (secondary N) is 1. The van der Waals surface area contributed by atoms with Crippen LogP contribution in [0.5, 0.6) is 0 Å². The van der Waals surface area contributed by atoms with Gasteiger partial charge in [0.2, 0.25) is 5.82 Å². The number of hydrogen-bond donors (Lipinski definition) is 1. The van der Waals surface area contributed by atoms with Crippen LogP contribution in [0.25, 0.3) is 0 Å². The van der Waals surface area contributed by atoms with Crippen LogP contribution in [0.3, 0.4) is 0 Å². The zero-order valence-electron chi connectivity index (χ0n) is 13.0. The van der Waals surface area contributed by atoms with Gasteiger partial charge in [-0.05, 0) is 6.92 Å². The van der Waals surface area contributed by atoms with Crippen molar-refractivity contribution in [1.82, 2.24) is 9.78 Å². The Balaban J connectivity index is 2.55. The minimum absolute atomic E-state index is 0.0557. The second kappa shape index (κ2) is 6.49. The van der Waals surface area contributed by atoms with Crippen molar-refractivity contribution in [2.45, 2.75) is 6.92 Å². The third-order valence-electron chi connectivity index (χ3n) is 3.28. The molecule has 0 aliphatic rings. The lowest BCUT2D eigenvalue weighted by Gasteiger charge is -2.10. The molecule has 2 rings (SSSR count). The molecule has 0 spiro atoms. The van der Waals surface area contributed by atoms with Crippen molar-refractivity contribution in [3.8, 4) is 0 Å². The van der Waals surface area contributed by atoms with Gasteiger partial charge >= 0.3 is 5.97 Å². The molecular formula is C14H10F5N3O3. The SMILES string of the molecule is COC(=O)c1c(NC(=O)c2c(F)c(F)c(F)c(F)c2F)c(C)nn1C. The number of rotatable bonds is 3. The zero-order chi connectivity index (χ0) is 19.0. The van der Waals surface area contributed by atoms with E-state index in [4.69, 9.17) is 0 Å². The molecule has 25 heavy (non-hydrogen) atoms.